The smallest absolute Gasteiger partial charge is 0.138 e. The Morgan fingerprint density at radius 3 is 2.74 bits per heavy atom. The van der Waals surface area contributed by atoms with Crippen molar-refractivity contribution in [1.82, 2.24) is 19.5 Å². The van der Waals surface area contributed by atoms with E-state index in [4.69, 9.17) is 5.73 Å². The Bertz CT molecular complexity index is 705. The number of nitrogens with zero attached hydrogens (tertiary/aromatic N) is 4. The van der Waals surface area contributed by atoms with Gasteiger partial charge in [0.1, 0.15) is 18.0 Å². The van der Waals surface area contributed by atoms with Crippen LogP contribution in [0.2, 0.25) is 0 Å². The van der Waals surface area contributed by atoms with Crippen molar-refractivity contribution in [1.29, 1.82) is 0 Å². The minimum absolute atomic E-state index is 0.473. The van der Waals surface area contributed by atoms with E-state index in [1.807, 2.05) is 28.8 Å². The zero-order chi connectivity index (χ0) is 13.2. The van der Waals surface area contributed by atoms with E-state index in [0.717, 1.165) is 21.5 Å². The van der Waals surface area contributed by atoms with Gasteiger partial charge in [0.25, 0.3) is 0 Å². The second-order valence-corrected chi connectivity index (χ2v) is 4.84. The molecule has 0 radical (unpaired) electrons. The molecule has 3 heterocycles. The van der Waals surface area contributed by atoms with Gasteiger partial charge < -0.3 is 5.73 Å². The van der Waals surface area contributed by atoms with Crippen LogP contribution in [0.5, 0.6) is 0 Å². The first-order valence-electron chi connectivity index (χ1n) is 5.61. The zero-order valence-corrected chi connectivity index (χ0v) is 11.4. The lowest BCUT2D eigenvalue weighted by Crippen LogP contribution is -2.00. The van der Waals surface area contributed by atoms with Crippen molar-refractivity contribution in [2.75, 3.05) is 5.73 Å². The molecule has 3 aromatic rings. The summed E-state index contributed by atoms with van der Waals surface area (Å²) in [7, 11) is 0. The number of anilines is 1. The predicted octanol–water partition coefficient (Wildman–Crippen LogP) is 2.67. The Morgan fingerprint density at radius 2 is 2.00 bits per heavy atom. The largest absolute Gasteiger partial charge is 0.383 e. The minimum atomic E-state index is 0.473. The van der Waals surface area contributed by atoms with Crippen LogP contribution >= 0.6 is 15.9 Å². The van der Waals surface area contributed by atoms with Gasteiger partial charge in [-0.2, -0.15) is 0 Å². The van der Waals surface area contributed by atoms with E-state index >= 15 is 0 Å². The van der Waals surface area contributed by atoms with Crippen LogP contribution in [0.4, 0.5) is 5.82 Å². The molecule has 19 heavy (non-hydrogen) atoms. The summed E-state index contributed by atoms with van der Waals surface area (Å²) >= 11 is 3.37. The molecule has 0 aliphatic rings. The zero-order valence-electron chi connectivity index (χ0n) is 9.86. The molecule has 0 unspecified atom stereocenters. The number of halogens is 1. The predicted molar refractivity (Wildman–Crippen MR) is 76.7 cm³/mol. The maximum absolute atomic E-state index is 5.90. The first kappa shape index (κ1) is 11.9. The normalized spacial score (nSPS) is 10.6. The van der Waals surface area contributed by atoms with Crippen molar-refractivity contribution < 1.29 is 0 Å². The molecule has 0 aliphatic carbocycles. The van der Waals surface area contributed by atoms with E-state index in [0.29, 0.717) is 5.82 Å². The minimum Gasteiger partial charge on any atom is -0.383 e. The highest BCUT2D eigenvalue weighted by atomic mass is 79.9. The van der Waals surface area contributed by atoms with Gasteiger partial charge >= 0.3 is 0 Å². The molecule has 94 valence electrons. The fourth-order valence-corrected chi connectivity index (χ4v) is 2.06. The van der Waals surface area contributed by atoms with Gasteiger partial charge in [-0.05, 0) is 40.2 Å². The van der Waals surface area contributed by atoms with Gasteiger partial charge in [0.05, 0.1) is 11.9 Å². The van der Waals surface area contributed by atoms with Gasteiger partial charge in [0.2, 0.25) is 0 Å². The molecule has 0 spiro atoms. The highest BCUT2D eigenvalue weighted by molar-refractivity contribution is 9.10. The number of aromatic nitrogens is 4. The summed E-state index contributed by atoms with van der Waals surface area (Å²) in [6, 6.07) is 7.59. The molecule has 3 aromatic heterocycles. The summed E-state index contributed by atoms with van der Waals surface area (Å²) < 4.78 is 2.80. The summed E-state index contributed by atoms with van der Waals surface area (Å²) in [6.07, 6.45) is 6.86. The molecule has 0 saturated heterocycles. The molecule has 3 rings (SSSR count). The van der Waals surface area contributed by atoms with E-state index in [2.05, 4.69) is 30.9 Å². The van der Waals surface area contributed by atoms with E-state index in [1.54, 1.807) is 24.9 Å². The third-order valence-corrected chi connectivity index (χ3v) is 3.18. The second-order valence-electron chi connectivity index (χ2n) is 3.92. The van der Waals surface area contributed by atoms with Gasteiger partial charge in [0, 0.05) is 22.4 Å². The van der Waals surface area contributed by atoms with Gasteiger partial charge in [-0.1, -0.05) is 0 Å². The van der Waals surface area contributed by atoms with E-state index in [9.17, 15) is 0 Å². The third-order valence-electron chi connectivity index (χ3n) is 2.71. The monoisotopic (exact) mass is 315 g/mol. The average molecular weight is 316 g/mol. The SMILES string of the molecule is Nc1ncccc1-c1cncn1-c1ccc(Br)cn1. The Balaban J connectivity index is 2.13. The fourth-order valence-electron chi connectivity index (χ4n) is 1.82. The summed E-state index contributed by atoms with van der Waals surface area (Å²) in [5.41, 5.74) is 7.60. The van der Waals surface area contributed by atoms with E-state index < -0.39 is 0 Å². The lowest BCUT2D eigenvalue weighted by atomic mass is 10.2. The summed E-state index contributed by atoms with van der Waals surface area (Å²) in [5, 5.41) is 0. The molecule has 0 aliphatic heterocycles. The Kier molecular flexibility index (Phi) is 3.00. The summed E-state index contributed by atoms with van der Waals surface area (Å²) in [4.78, 5) is 12.6. The molecule has 2 N–H and O–H groups in total. The Morgan fingerprint density at radius 1 is 1.11 bits per heavy atom. The molecule has 0 fully saturated rings. The number of rotatable bonds is 2. The number of imidazole rings is 1. The van der Waals surface area contributed by atoms with Crippen LogP contribution in [-0.4, -0.2) is 19.5 Å². The van der Waals surface area contributed by atoms with Crippen LogP contribution in [0.25, 0.3) is 17.1 Å². The van der Waals surface area contributed by atoms with Crippen molar-refractivity contribution >= 4 is 21.7 Å². The lowest BCUT2D eigenvalue weighted by Gasteiger charge is -2.08. The average Bonchev–Trinajstić information content (AvgIpc) is 2.89. The van der Waals surface area contributed by atoms with Gasteiger partial charge in [-0.15, -0.1) is 0 Å². The summed E-state index contributed by atoms with van der Waals surface area (Å²) in [6.45, 7) is 0. The lowest BCUT2D eigenvalue weighted by molar-refractivity contribution is 0.996. The van der Waals surface area contributed by atoms with E-state index in [1.165, 1.54) is 0 Å². The standard InChI is InChI=1S/C13H10BrN5/c14-9-3-4-12(18-6-9)19-8-16-7-11(19)10-2-1-5-17-13(10)15/h1-8H,(H2,15,17). The number of nitrogen functional groups attached to an aromatic ring is 1. The fraction of sp³-hybridized carbons (Fsp3) is 0. The van der Waals surface area contributed by atoms with Crippen molar-refractivity contribution in [3.05, 3.63) is 53.7 Å². The van der Waals surface area contributed by atoms with Crippen LogP contribution in [0.3, 0.4) is 0 Å². The Labute approximate surface area is 118 Å². The highest BCUT2D eigenvalue weighted by Crippen LogP contribution is 2.25. The second kappa shape index (κ2) is 4.81. The van der Waals surface area contributed by atoms with Crippen molar-refractivity contribution in [3.8, 4) is 17.1 Å². The summed E-state index contributed by atoms with van der Waals surface area (Å²) in [5.74, 6) is 1.25. The molecule has 0 bridgehead atoms. The molecule has 6 heteroatoms. The van der Waals surface area contributed by atoms with Crippen LogP contribution in [0.1, 0.15) is 0 Å². The van der Waals surface area contributed by atoms with Gasteiger partial charge in [-0.25, -0.2) is 15.0 Å². The molecule has 0 saturated carbocycles. The maximum Gasteiger partial charge on any atom is 0.138 e. The van der Waals surface area contributed by atoms with Crippen LogP contribution in [-0.2, 0) is 0 Å². The van der Waals surface area contributed by atoms with Crippen molar-refractivity contribution in [2.45, 2.75) is 0 Å². The van der Waals surface area contributed by atoms with Crippen LogP contribution in [0, 0.1) is 0 Å². The molecule has 0 amide bonds. The molecular formula is C13H10BrN5. The number of hydrogen-bond acceptors (Lipinski definition) is 4. The van der Waals surface area contributed by atoms with Gasteiger partial charge in [0.15, 0.2) is 0 Å². The Hall–Kier alpha value is -2.21. The quantitative estimate of drug-likeness (QED) is 0.789. The maximum atomic E-state index is 5.90. The van der Waals surface area contributed by atoms with Crippen LogP contribution < -0.4 is 5.73 Å². The topological polar surface area (TPSA) is 69.6 Å². The number of hydrogen-bond donors (Lipinski definition) is 1. The molecular weight excluding hydrogens is 306 g/mol. The molecule has 0 aromatic carbocycles. The first-order chi connectivity index (χ1) is 9.25. The number of pyridine rings is 2. The van der Waals surface area contributed by atoms with Gasteiger partial charge in [-0.3, -0.25) is 4.57 Å². The molecule has 0 atom stereocenters. The van der Waals surface area contributed by atoms with E-state index in [-0.39, 0.29) is 0 Å². The first-order valence-corrected chi connectivity index (χ1v) is 6.40. The van der Waals surface area contributed by atoms with Crippen LogP contribution in [0.15, 0.2) is 53.7 Å². The highest BCUT2D eigenvalue weighted by Gasteiger charge is 2.10. The number of nitrogens with two attached hydrogens (primary N) is 1. The molecule has 5 nitrogen and oxygen atoms in total. The van der Waals surface area contributed by atoms with Crippen molar-refractivity contribution in [3.63, 3.8) is 0 Å². The van der Waals surface area contributed by atoms with Crippen molar-refractivity contribution in [2.24, 2.45) is 0 Å². The third kappa shape index (κ3) is 2.22.